The van der Waals surface area contributed by atoms with E-state index in [9.17, 15) is 0 Å². The molecule has 0 aliphatic heterocycles. The van der Waals surface area contributed by atoms with Gasteiger partial charge in [-0.05, 0) is 26.2 Å². The second-order valence-electron chi connectivity index (χ2n) is 4.27. The van der Waals surface area contributed by atoms with Gasteiger partial charge in [0.15, 0.2) is 0 Å². The van der Waals surface area contributed by atoms with E-state index < -0.39 is 0 Å². The standard InChI is InChI=1S/C12H19N3O/c1-4-7-13-10-8(2)12(16-3)15-11(14-10)9-5-6-9/h9H,4-7H2,1-3H3,(H,13,14,15). The quantitative estimate of drug-likeness (QED) is 0.829. The Morgan fingerprint density at radius 3 is 2.69 bits per heavy atom. The van der Waals surface area contributed by atoms with Crippen LogP contribution in [0.5, 0.6) is 5.88 Å². The van der Waals surface area contributed by atoms with Gasteiger partial charge in [-0.2, -0.15) is 4.98 Å². The fourth-order valence-corrected chi connectivity index (χ4v) is 1.65. The molecule has 2 rings (SSSR count). The summed E-state index contributed by atoms with van der Waals surface area (Å²) in [5, 5.41) is 3.33. The molecular weight excluding hydrogens is 202 g/mol. The van der Waals surface area contributed by atoms with Crippen molar-refractivity contribution in [3.8, 4) is 5.88 Å². The maximum absolute atomic E-state index is 5.29. The Labute approximate surface area is 96.4 Å². The zero-order valence-electron chi connectivity index (χ0n) is 10.2. The van der Waals surface area contributed by atoms with Crippen LogP contribution < -0.4 is 10.1 Å². The first-order valence-corrected chi connectivity index (χ1v) is 5.92. The minimum absolute atomic E-state index is 0.552. The number of anilines is 1. The average molecular weight is 221 g/mol. The van der Waals surface area contributed by atoms with Gasteiger partial charge in [0.2, 0.25) is 5.88 Å². The predicted molar refractivity (Wildman–Crippen MR) is 64.1 cm³/mol. The van der Waals surface area contributed by atoms with Gasteiger partial charge in [-0.15, -0.1) is 0 Å². The molecule has 1 aliphatic carbocycles. The van der Waals surface area contributed by atoms with E-state index in [0.717, 1.165) is 30.2 Å². The fraction of sp³-hybridized carbons (Fsp3) is 0.667. The zero-order valence-corrected chi connectivity index (χ0v) is 10.2. The van der Waals surface area contributed by atoms with E-state index in [0.29, 0.717) is 11.8 Å². The molecule has 0 spiro atoms. The number of ether oxygens (including phenoxy) is 1. The first-order chi connectivity index (χ1) is 7.76. The highest BCUT2D eigenvalue weighted by Gasteiger charge is 2.28. The third-order valence-electron chi connectivity index (χ3n) is 2.80. The largest absolute Gasteiger partial charge is 0.481 e. The zero-order chi connectivity index (χ0) is 11.5. The van der Waals surface area contributed by atoms with E-state index in [4.69, 9.17) is 4.74 Å². The molecular formula is C12H19N3O. The van der Waals surface area contributed by atoms with Gasteiger partial charge in [-0.3, -0.25) is 0 Å². The SMILES string of the molecule is CCCNc1nc(C2CC2)nc(OC)c1C. The molecule has 0 saturated heterocycles. The van der Waals surface area contributed by atoms with Gasteiger partial charge < -0.3 is 10.1 Å². The minimum atomic E-state index is 0.552. The second-order valence-corrected chi connectivity index (χ2v) is 4.27. The van der Waals surface area contributed by atoms with Crippen LogP contribution in [-0.2, 0) is 0 Å². The molecule has 0 atom stereocenters. The molecule has 88 valence electrons. The fourth-order valence-electron chi connectivity index (χ4n) is 1.65. The number of aromatic nitrogens is 2. The van der Waals surface area contributed by atoms with Crippen LogP contribution in [-0.4, -0.2) is 23.6 Å². The van der Waals surface area contributed by atoms with Crippen LogP contribution in [0.4, 0.5) is 5.82 Å². The first-order valence-electron chi connectivity index (χ1n) is 5.92. The second kappa shape index (κ2) is 4.68. The van der Waals surface area contributed by atoms with Gasteiger partial charge in [-0.1, -0.05) is 6.92 Å². The van der Waals surface area contributed by atoms with E-state index >= 15 is 0 Å². The smallest absolute Gasteiger partial charge is 0.221 e. The maximum Gasteiger partial charge on any atom is 0.221 e. The summed E-state index contributed by atoms with van der Waals surface area (Å²) in [6.07, 6.45) is 3.50. The number of hydrogen-bond acceptors (Lipinski definition) is 4. The lowest BCUT2D eigenvalue weighted by Crippen LogP contribution is -2.08. The molecule has 0 radical (unpaired) electrons. The highest BCUT2D eigenvalue weighted by Crippen LogP contribution is 2.39. The van der Waals surface area contributed by atoms with Crippen molar-refractivity contribution in [2.75, 3.05) is 19.0 Å². The molecule has 1 aromatic rings. The van der Waals surface area contributed by atoms with Crippen LogP contribution in [0.3, 0.4) is 0 Å². The molecule has 16 heavy (non-hydrogen) atoms. The maximum atomic E-state index is 5.29. The molecule has 0 aromatic carbocycles. The van der Waals surface area contributed by atoms with Crippen LogP contribution in [0.25, 0.3) is 0 Å². The number of hydrogen-bond donors (Lipinski definition) is 1. The summed E-state index contributed by atoms with van der Waals surface area (Å²) >= 11 is 0. The van der Waals surface area contributed by atoms with E-state index in [1.807, 2.05) is 6.92 Å². The topological polar surface area (TPSA) is 47.0 Å². The van der Waals surface area contributed by atoms with Crippen molar-refractivity contribution < 1.29 is 4.74 Å². The Balaban J connectivity index is 2.28. The molecule has 1 saturated carbocycles. The first kappa shape index (κ1) is 11.2. The summed E-state index contributed by atoms with van der Waals surface area (Å²) in [5.41, 5.74) is 1.00. The van der Waals surface area contributed by atoms with Crippen LogP contribution in [0.15, 0.2) is 0 Å². The predicted octanol–water partition coefficient (Wildman–Crippen LogP) is 2.49. The molecule has 1 fully saturated rings. The van der Waals surface area contributed by atoms with Gasteiger partial charge >= 0.3 is 0 Å². The highest BCUT2D eigenvalue weighted by atomic mass is 16.5. The molecule has 0 bridgehead atoms. The summed E-state index contributed by atoms with van der Waals surface area (Å²) < 4.78 is 5.29. The van der Waals surface area contributed by atoms with Crippen molar-refractivity contribution in [1.82, 2.24) is 9.97 Å². The molecule has 1 aliphatic rings. The highest BCUT2D eigenvalue weighted by molar-refractivity contribution is 5.49. The average Bonchev–Trinajstić information content (AvgIpc) is 3.11. The van der Waals surface area contributed by atoms with Crippen LogP contribution in [0.1, 0.15) is 43.5 Å². The van der Waals surface area contributed by atoms with Crippen LogP contribution >= 0.6 is 0 Å². The van der Waals surface area contributed by atoms with Gasteiger partial charge in [-0.25, -0.2) is 4.98 Å². The lowest BCUT2D eigenvalue weighted by Gasteiger charge is -2.12. The monoisotopic (exact) mass is 221 g/mol. The van der Waals surface area contributed by atoms with Crippen LogP contribution in [0.2, 0.25) is 0 Å². The Morgan fingerprint density at radius 1 is 1.38 bits per heavy atom. The summed E-state index contributed by atoms with van der Waals surface area (Å²) in [5.74, 6) is 3.11. The lowest BCUT2D eigenvalue weighted by molar-refractivity contribution is 0.391. The normalized spacial score (nSPS) is 14.9. The minimum Gasteiger partial charge on any atom is -0.481 e. The van der Waals surface area contributed by atoms with Gasteiger partial charge in [0.1, 0.15) is 11.6 Å². The number of methoxy groups -OCH3 is 1. The summed E-state index contributed by atoms with van der Waals surface area (Å²) in [6.45, 7) is 5.07. The molecule has 4 heteroatoms. The lowest BCUT2D eigenvalue weighted by atomic mass is 10.3. The van der Waals surface area contributed by atoms with Gasteiger partial charge in [0, 0.05) is 12.5 Å². The van der Waals surface area contributed by atoms with E-state index in [2.05, 4.69) is 22.2 Å². The number of nitrogens with one attached hydrogen (secondary N) is 1. The molecule has 1 heterocycles. The Kier molecular flexibility index (Phi) is 3.27. The molecule has 1 aromatic heterocycles. The Bertz CT molecular complexity index is 375. The van der Waals surface area contributed by atoms with Gasteiger partial charge in [0.25, 0.3) is 0 Å². The van der Waals surface area contributed by atoms with Crippen molar-refractivity contribution in [2.24, 2.45) is 0 Å². The van der Waals surface area contributed by atoms with Crippen molar-refractivity contribution in [3.05, 3.63) is 11.4 Å². The molecule has 0 amide bonds. The number of nitrogens with zero attached hydrogens (tertiary/aromatic N) is 2. The van der Waals surface area contributed by atoms with Crippen molar-refractivity contribution in [3.63, 3.8) is 0 Å². The number of rotatable bonds is 5. The van der Waals surface area contributed by atoms with Crippen molar-refractivity contribution >= 4 is 5.82 Å². The third kappa shape index (κ3) is 2.26. The van der Waals surface area contributed by atoms with Gasteiger partial charge in [0.05, 0.1) is 12.7 Å². The van der Waals surface area contributed by atoms with E-state index in [1.54, 1.807) is 7.11 Å². The summed E-state index contributed by atoms with van der Waals surface area (Å²) in [4.78, 5) is 9.03. The molecule has 1 N–H and O–H groups in total. The Morgan fingerprint density at radius 2 is 2.12 bits per heavy atom. The summed E-state index contributed by atoms with van der Waals surface area (Å²) in [7, 11) is 1.66. The van der Waals surface area contributed by atoms with E-state index in [-0.39, 0.29) is 0 Å². The van der Waals surface area contributed by atoms with Crippen LogP contribution in [0, 0.1) is 6.92 Å². The van der Waals surface area contributed by atoms with Crippen molar-refractivity contribution in [1.29, 1.82) is 0 Å². The Hall–Kier alpha value is -1.32. The van der Waals surface area contributed by atoms with E-state index in [1.165, 1.54) is 12.8 Å². The van der Waals surface area contributed by atoms with Crippen molar-refractivity contribution in [2.45, 2.75) is 39.0 Å². The molecule has 0 unspecified atom stereocenters. The third-order valence-corrected chi connectivity index (χ3v) is 2.80. The summed E-state index contributed by atoms with van der Waals surface area (Å²) in [6, 6.07) is 0. The molecule has 4 nitrogen and oxygen atoms in total.